The van der Waals surface area contributed by atoms with E-state index in [-0.39, 0.29) is 0 Å². The van der Waals surface area contributed by atoms with Crippen molar-refractivity contribution in [3.8, 4) is 66.8 Å². The lowest BCUT2D eigenvalue weighted by Gasteiger charge is -2.32. The largest absolute Gasteiger partial charge is 0.495 e. The van der Waals surface area contributed by atoms with Crippen LogP contribution in [0.2, 0.25) is 0 Å². The molecule has 1 aliphatic heterocycles. The highest BCUT2D eigenvalue weighted by Gasteiger charge is 2.52. The van der Waals surface area contributed by atoms with Crippen LogP contribution in [0, 0.1) is 0 Å². The fraction of sp³-hybridized carbons (Fsp3) is 0.0612. The van der Waals surface area contributed by atoms with Gasteiger partial charge in [0.2, 0.25) is 0 Å². The Morgan fingerprint density at radius 2 is 0.426 bits per heavy atom. The van der Waals surface area contributed by atoms with Crippen molar-refractivity contribution < 1.29 is 9.31 Å². The number of hydrogen-bond acceptors (Lipinski definition) is 2. The first-order chi connectivity index (χ1) is 49.7. The fourth-order valence-corrected chi connectivity index (χ4v) is 16.9. The lowest BCUT2D eigenvalue weighted by atomic mass is 9.75. The van der Waals surface area contributed by atoms with Crippen LogP contribution in [0.3, 0.4) is 0 Å². The summed E-state index contributed by atoms with van der Waals surface area (Å²) in [5.74, 6) is 0. The second-order valence-electron chi connectivity index (χ2n) is 28.2. The standard InChI is InChI=1S/C58H36.C40H33BO2/c1-2-18-39-36-40(35-34-37(39)16-1)55-47-21-5-7-23-49(47)57(50-24-8-6-22-48(50)55)45-32-14-30-43-42(45)29-15-33-46(43)58-53-27-11-9-25-51(53)56(52-26-10-12-28-54(52)58)44-31-13-19-38-17-3-4-20-41(38)44;1-39(2)40(3,4)43-41(42-39)36-25-13-21-28-29(36)22-12-24-31(28)38-34-19-9-7-17-32(34)37(33-18-8-10-20-35(33)38)30-23-11-15-26-14-5-6-16-27(26)30/h1-36H;5-25H,1-4H3. The van der Waals surface area contributed by atoms with E-state index in [0.29, 0.717) is 0 Å². The second-order valence-corrected chi connectivity index (χ2v) is 28.2. The smallest absolute Gasteiger partial charge is 0.399 e. The molecule has 0 aromatic heterocycles. The molecule has 1 aliphatic rings. The van der Waals surface area contributed by atoms with Gasteiger partial charge in [0.15, 0.2) is 0 Å². The molecule has 2 nitrogen and oxygen atoms in total. The van der Waals surface area contributed by atoms with Gasteiger partial charge in [-0.3, -0.25) is 0 Å². The quantitative estimate of drug-likeness (QED) is 0.117. The van der Waals surface area contributed by atoms with E-state index in [0.717, 1.165) is 10.8 Å². The zero-order valence-corrected chi connectivity index (χ0v) is 56.8. The van der Waals surface area contributed by atoms with Crippen LogP contribution in [0.1, 0.15) is 27.7 Å². The van der Waals surface area contributed by atoms with Crippen molar-refractivity contribution in [1.29, 1.82) is 0 Å². The number of benzene rings is 19. The van der Waals surface area contributed by atoms with Crippen molar-refractivity contribution in [2.24, 2.45) is 0 Å². The molecule has 1 heterocycles. The van der Waals surface area contributed by atoms with Gasteiger partial charge >= 0.3 is 7.12 Å². The van der Waals surface area contributed by atoms with Gasteiger partial charge in [-0.15, -0.1) is 0 Å². The van der Waals surface area contributed by atoms with Crippen molar-refractivity contribution in [2.75, 3.05) is 0 Å². The molecule has 0 spiro atoms. The van der Waals surface area contributed by atoms with E-state index >= 15 is 0 Å². The zero-order valence-electron chi connectivity index (χ0n) is 56.8. The lowest BCUT2D eigenvalue weighted by Crippen LogP contribution is -2.41. The molecule has 0 atom stereocenters. The Labute approximate surface area is 588 Å². The number of hydrogen-bond donors (Lipinski definition) is 0. The summed E-state index contributed by atoms with van der Waals surface area (Å²) in [7, 11) is -0.425. The van der Waals surface area contributed by atoms with Gasteiger partial charge in [-0.25, -0.2) is 0 Å². The SMILES string of the molecule is CC1(C)OB(c2cccc3c(-c4c5ccccc5c(-c5cccc6ccccc56)c5ccccc45)cccc23)OC1(C)C.c1ccc2cc(-c3c4ccccc4c(-c4cccc5c(-c6c7ccccc7c(-c7cccc8ccccc78)c7ccccc67)cccc45)c4ccccc34)ccc2c1. The van der Waals surface area contributed by atoms with Crippen LogP contribution < -0.4 is 5.46 Å². The van der Waals surface area contributed by atoms with E-state index in [1.807, 2.05) is 0 Å². The first-order valence-electron chi connectivity index (χ1n) is 35.3. The summed E-state index contributed by atoms with van der Waals surface area (Å²) in [5, 5.41) is 27.5. The number of rotatable bonds is 7. The highest BCUT2D eigenvalue weighted by Crippen LogP contribution is 2.52. The molecule has 20 rings (SSSR count). The molecule has 0 aliphatic carbocycles. The first-order valence-corrected chi connectivity index (χ1v) is 35.3. The molecular formula is C98H69BO2. The summed E-state index contributed by atoms with van der Waals surface area (Å²) in [6.45, 7) is 8.44. The Bertz CT molecular complexity index is 6420. The highest BCUT2D eigenvalue weighted by atomic mass is 16.7. The molecule has 0 N–H and O–H groups in total. The minimum absolute atomic E-state index is 0.402. The minimum atomic E-state index is -0.425. The van der Waals surface area contributed by atoms with E-state index in [9.17, 15) is 0 Å². The van der Waals surface area contributed by atoms with Crippen molar-refractivity contribution in [3.05, 3.63) is 346 Å². The van der Waals surface area contributed by atoms with Crippen molar-refractivity contribution in [1.82, 2.24) is 0 Å². The third-order valence-corrected chi connectivity index (χ3v) is 22.1. The van der Waals surface area contributed by atoms with Gasteiger partial charge in [-0.2, -0.15) is 0 Å². The van der Waals surface area contributed by atoms with E-state index in [2.05, 4.69) is 373 Å². The maximum absolute atomic E-state index is 6.52. The van der Waals surface area contributed by atoms with E-state index in [1.165, 1.54) is 180 Å². The zero-order chi connectivity index (χ0) is 67.5. The third kappa shape index (κ3) is 9.71. The molecule has 0 saturated carbocycles. The van der Waals surface area contributed by atoms with Gasteiger partial charge in [0, 0.05) is 0 Å². The molecule has 0 unspecified atom stereocenters. The second kappa shape index (κ2) is 23.9. The normalized spacial score (nSPS) is 13.6. The average molecular weight is 1290 g/mol. The summed E-state index contributed by atoms with van der Waals surface area (Å²) < 4.78 is 13.0. The van der Waals surface area contributed by atoms with Crippen LogP contribution in [0.15, 0.2) is 346 Å². The van der Waals surface area contributed by atoms with Crippen LogP contribution in [-0.4, -0.2) is 18.3 Å². The van der Waals surface area contributed by atoms with Crippen LogP contribution in [0.4, 0.5) is 0 Å². The van der Waals surface area contributed by atoms with Crippen molar-refractivity contribution >= 4 is 131 Å². The van der Waals surface area contributed by atoms with Crippen LogP contribution in [-0.2, 0) is 9.31 Å². The van der Waals surface area contributed by atoms with E-state index in [4.69, 9.17) is 9.31 Å². The van der Waals surface area contributed by atoms with Gasteiger partial charge in [0.1, 0.15) is 0 Å². The van der Waals surface area contributed by atoms with Crippen LogP contribution >= 0.6 is 0 Å². The molecule has 3 heteroatoms. The van der Waals surface area contributed by atoms with Gasteiger partial charge in [-0.05, 0) is 224 Å². The van der Waals surface area contributed by atoms with Crippen molar-refractivity contribution in [3.63, 3.8) is 0 Å². The molecule has 19 aromatic rings. The fourth-order valence-electron chi connectivity index (χ4n) is 16.9. The molecule has 19 aromatic carbocycles. The summed E-state index contributed by atoms with van der Waals surface area (Å²) in [6, 6.07) is 127. The van der Waals surface area contributed by atoms with Crippen molar-refractivity contribution in [2.45, 2.75) is 38.9 Å². The molecule has 0 radical (unpaired) electrons. The summed E-state index contributed by atoms with van der Waals surface area (Å²) in [4.78, 5) is 0. The maximum Gasteiger partial charge on any atom is 0.495 e. The Morgan fingerprint density at radius 3 is 0.782 bits per heavy atom. The van der Waals surface area contributed by atoms with E-state index in [1.54, 1.807) is 0 Å². The third-order valence-electron chi connectivity index (χ3n) is 22.1. The Balaban J connectivity index is 0.000000147. The first kappa shape index (κ1) is 60.2. The van der Waals surface area contributed by atoms with Crippen LogP contribution in [0.5, 0.6) is 0 Å². The lowest BCUT2D eigenvalue weighted by molar-refractivity contribution is 0.00578. The molecule has 1 fully saturated rings. The Kier molecular flexibility index (Phi) is 14.2. The monoisotopic (exact) mass is 1290 g/mol. The predicted molar refractivity (Wildman–Crippen MR) is 434 cm³/mol. The molecule has 1 saturated heterocycles. The molecule has 0 bridgehead atoms. The van der Waals surface area contributed by atoms with Gasteiger partial charge in [0.25, 0.3) is 0 Å². The predicted octanol–water partition coefficient (Wildman–Crippen LogP) is 26.4. The van der Waals surface area contributed by atoms with Gasteiger partial charge < -0.3 is 9.31 Å². The highest BCUT2D eigenvalue weighted by molar-refractivity contribution is 6.65. The molecule has 476 valence electrons. The topological polar surface area (TPSA) is 18.5 Å². The van der Waals surface area contributed by atoms with Gasteiger partial charge in [0.05, 0.1) is 11.2 Å². The Hall–Kier alpha value is -12.0. The van der Waals surface area contributed by atoms with Gasteiger partial charge in [-0.1, -0.05) is 340 Å². The maximum atomic E-state index is 6.52. The number of fused-ring (bicyclic) bond motifs is 11. The van der Waals surface area contributed by atoms with Crippen LogP contribution in [0.25, 0.3) is 185 Å². The Morgan fingerprint density at radius 1 is 0.188 bits per heavy atom. The molecule has 0 amide bonds. The summed E-state index contributed by atoms with van der Waals surface area (Å²) in [5.41, 5.74) is 15.4. The van der Waals surface area contributed by atoms with E-state index < -0.39 is 18.3 Å². The minimum Gasteiger partial charge on any atom is -0.399 e. The average Bonchev–Trinajstić information content (AvgIpc) is 1.71. The molecule has 101 heavy (non-hydrogen) atoms. The summed E-state index contributed by atoms with van der Waals surface area (Å²) >= 11 is 0. The summed E-state index contributed by atoms with van der Waals surface area (Å²) in [6.07, 6.45) is 0. The molecular weight excluding hydrogens is 1220 g/mol.